The summed E-state index contributed by atoms with van der Waals surface area (Å²) in [5.41, 5.74) is 0.439. The molecule has 0 aromatic heterocycles. The van der Waals surface area contributed by atoms with Crippen LogP contribution in [-0.4, -0.2) is 63.2 Å². The van der Waals surface area contributed by atoms with Crippen molar-refractivity contribution in [2.75, 3.05) is 36.4 Å². The summed E-state index contributed by atoms with van der Waals surface area (Å²) < 4.78 is 52.6. The van der Waals surface area contributed by atoms with Crippen molar-refractivity contribution in [3.05, 3.63) is 53.8 Å². The Morgan fingerprint density at radius 1 is 1.08 bits per heavy atom. The van der Waals surface area contributed by atoms with Crippen LogP contribution in [0.25, 0.3) is 0 Å². The molecule has 2 amide bonds. The SMILES string of the molecule is CCCNC(=O)[C@@H](C)N(Cc1ccccc1F)C(=O)CN(c1ccc2c(c1)OCCO2)S(=O)(=O)CC. The highest BCUT2D eigenvalue weighted by Gasteiger charge is 2.32. The van der Waals surface area contributed by atoms with Gasteiger partial charge in [0.1, 0.15) is 31.6 Å². The van der Waals surface area contributed by atoms with Crippen LogP contribution < -0.4 is 19.1 Å². The lowest BCUT2D eigenvalue weighted by atomic mass is 10.1. The highest BCUT2D eigenvalue weighted by Crippen LogP contribution is 2.35. The zero-order valence-electron chi connectivity index (χ0n) is 20.7. The number of nitrogens with one attached hydrogen (secondary N) is 1. The third-order valence-electron chi connectivity index (χ3n) is 5.81. The van der Waals surface area contributed by atoms with Crippen molar-refractivity contribution in [2.45, 2.75) is 39.8 Å². The van der Waals surface area contributed by atoms with E-state index in [1.54, 1.807) is 12.1 Å². The van der Waals surface area contributed by atoms with Crippen molar-refractivity contribution in [3.63, 3.8) is 0 Å². The van der Waals surface area contributed by atoms with Gasteiger partial charge < -0.3 is 19.7 Å². The molecule has 0 bridgehead atoms. The normalized spacial score (nSPS) is 13.6. The molecule has 36 heavy (non-hydrogen) atoms. The Morgan fingerprint density at radius 3 is 2.44 bits per heavy atom. The molecule has 1 aliphatic rings. The van der Waals surface area contributed by atoms with Crippen LogP contribution in [0.1, 0.15) is 32.8 Å². The standard InChI is InChI=1S/C25H32FN3O6S/c1-4-12-27-25(31)18(3)28(16-19-8-6-7-9-21(19)26)24(30)17-29(36(32,33)5-2)20-10-11-22-23(15-20)35-14-13-34-22/h6-11,15,18H,4-5,12-14,16-17H2,1-3H3,(H,27,31)/t18-/m1/s1. The van der Waals surface area contributed by atoms with Gasteiger partial charge in [-0.2, -0.15) is 0 Å². The second-order valence-electron chi connectivity index (χ2n) is 8.32. The van der Waals surface area contributed by atoms with Crippen LogP contribution in [0, 0.1) is 5.82 Å². The highest BCUT2D eigenvalue weighted by atomic mass is 32.2. The smallest absolute Gasteiger partial charge is 0.244 e. The molecular weight excluding hydrogens is 489 g/mol. The second kappa shape index (κ2) is 12.1. The lowest BCUT2D eigenvalue weighted by Gasteiger charge is -2.32. The van der Waals surface area contributed by atoms with Crippen molar-refractivity contribution < 1.29 is 31.9 Å². The van der Waals surface area contributed by atoms with Crippen LogP contribution in [0.4, 0.5) is 10.1 Å². The van der Waals surface area contributed by atoms with E-state index in [9.17, 15) is 22.4 Å². The van der Waals surface area contributed by atoms with E-state index >= 15 is 0 Å². The van der Waals surface area contributed by atoms with E-state index in [1.807, 2.05) is 6.92 Å². The second-order valence-corrected chi connectivity index (χ2v) is 10.5. The van der Waals surface area contributed by atoms with Crippen LogP contribution in [0.3, 0.4) is 0 Å². The van der Waals surface area contributed by atoms with Crippen molar-refractivity contribution in [1.29, 1.82) is 0 Å². The number of amides is 2. The third kappa shape index (κ3) is 6.45. The number of benzene rings is 2. The Hall–Kier alpha value is -3.34. The van der Waals surface area contributed by atoms with Crippen LogP contribution in [0.15, 0.2) is 42.5 Å². The van der Waals surface area contributed by atoms with Gasteiger partial charge in [-0.3, -0.25) is 13.9 Å². The van der Waals surface area contributed by atoms with Gasteiger partial charge in [0.05, 0.1) is 11.4 Å². The summed E-state index contributed by atoms with van der Waals surface area (Å²) in [5, 5.41) is 2.74. The maximum absolute atomic E-state index is 14.4. The van der Waals surface area contributed by atoms with E-state index in [0.29, 0.717) is 37.7 Å². The first-order valence-corrected chi connectivity index (χ1v) is 13.5. The maximum atomic E-state index is 14.4. The van der Waals surface area contributed by atoms with E-state index in [4.69, 9.17) is 9.47 Å². The van der Waals surface area contributed by atoms with E-state index in [-0.39, 0.29) is 23.5 Å². The average molecular weight is 522 g/mol. The van der Waals surface area contributed by atoms with Gasteiger partial charge in [-0.1, -0.05) is 25.1 Å². The van der Waals surface area contributed by atoms with Crippen LogP contribution in [-0.2, 0) is 26.2 Å². The van der Waals surface area contributed by atoms with Crippen LogP contribution in [0.5, 0.6) is 11.5 Å². The first-order chi connectivity index (χ1) is 17.2. The molecule has 0 saturated heterocycles. The summed E-state index contributed by atoms with van der Waals surface area (Å²) in [6.07, 6.45) is 0.701. The molecule has 3 rings (SSSR count). The van der Waals surface area contributed by atoms with Gasteiger partial charge >= 0.3 is 0 Å². The number of fused-ring (bicyclic) bond motifs is 1. The summed E-state index contributed by atoms with van der Waals surface area (Å²) in [6, 6.07) is 9.61. The van der Waals surface area contributed by atoms with Crippen molar-refractivity contribution >= 4 is 27.5 Å². The maximum Gasteiger partial charge on any atom is 0.244 e. The molecule has 0 fully saturated rings. The Labute approximate surface area is 211 Å². The van der Waals surface area contributed by atoms with Crippen molar-refractivity contribution in [3.8, 4) is 11.5 Å². The molecule has 0 saturated carbocycles. The molecule has 1 atom stereocenters. The molecule has 0 radical (unpaired) electrons. The number of ether oxygens (including phenoxy) is 2. The van der Waals surface area contributed by atoms with Gasteiger partial charge in [-0.15, -0.1) is 0 Å². The first-order valence-electron chi connectivity index (χ1n) is 11.9. The number of sulfonamides is 1. The number of nitrogens with zero attached hydrogens (tertiary/aromatic N) is 2. The molecule has 9 nitrogen and oxygen atoms in total. The minimum absolute atomic E-state index is 0.201. The average Bonchev–Trinajstić information content (AvgIpc) is 2.88. The van der Waals surface area contributed by atoms with Gasteiger partial charge in [0.2, 0.25) is 21.8 Å². The zero-order valence-corrected chi connectivity index (χ0v) is 21.5. The molecule has 196 valence electrons. The highest BCUT2D eigenvalue weighted by molar-refractivity contribution is 7.92. The van der Waals surface area contributed by atoms with Crippen molar-refractivity contribution in [1.82, 2.24) is 10.2 Å². The lowest BCUT2D eigenvalue weighted by Crippen LogP contribution is -2.51. The van der Waals surface area contributed by atoms with Crippen LogP contribution >= 0.6 is 0 Å². The summed E-state index contributed by atoms with van der Waals surface area (Å²) in [7, 11) is -3.89. The fourth-order valence-electron chi connectivity index (χ4n) is 3.70. The molecule has 1 N–H and O–H groups in total. The number of anilines is 1. The Balaban J connectivity index is 1.94. The monoisotopic (exact) mass is 521 g/mol. The molecule has 1 aliphatic heterocycles. The van der Waals surface area contributed by atoms with Crippen molar-refractivity contribution in [2.24, 2.45) is 0 Å². The predicted molar refractivity (Wildman–Crippen MR) is 134 cm³/mol. The molecule has 0 spiro atoms. The Kier molecular flexibility index (Phi) is 9.14. The lowest BCUT2D eigenvalue weighted by molar-refractivity contribution is -0.139. The Bertz CT molecular complexity index is 1190. The summed E-state index contributed by atoms with van der Waals surface area (Å²) in [5.74, 6) is -0.990. The van der Waals surface area contributed by atoms with Gasteiger partial charge in [0.15, 0.2) is 11.5 Å². The van der Waals surface area contributed by atoms with Gasteiger partial charge in [-0.05, 0) is 38.5 Å². The molecule has 2 aromatic carbocycles. The Morgan fingerprint density at radius 2 is 1.78 bits per heavy atom. The quantitative estimate of drug-likeness (QED) is 0.488. The van der Waals surface area contributed by atoms with E-state index in [0.717, 1.165) is 4.31 Å². The molecule has 1 heterocycles. The number of carbonyl (C=O) groups is 2. The summed E-state index contributed by atoms with van der Waals surface area (Å²) in [4.78, 5) is 27.5. The number of halogens is 1. The largest absolute Gasteiger partial charge is 0.486 e. The topological polar surface area (TPSA) is 105 Å². The minimum atomic E-state index is -3.89. The molecule has 2 aromatic rings. The number of rotatable bonds is 11. The molecule has 0 aliphatic carbocycles. The number of hydrogen-bond donors (Lipinski definition) is 1. The molecule has 11 heteroatoms. The minimum Gasteiger partial charge on any atom is -0.486 e. The predicted octanol–water partition coefficient (Wildman–Crippen LogP) is 2.70. The first kappa shape index (κ1) is 27.3. The van der Waals surface area contributed by atoms with E-state index < -0.39 is 40.2 Å². The number of carbonyl (C=O) groups excluding carboxylic acids is 2. The summed E-state index contributed by atoms with van der Waals surface area (Å²) in [6.45, 7) is 5.24. The summed E-state index contributed by atoms with van der Waals surface area (Å²) >= 11 is 0. The molecule has 0 unspecified atom stereocenters. The number of hydrogen-bond acceptors (Lipinski definition) is 6. The fraction of sp³-hybridized carbons (Fsp3) is 0.440. The van der Waals surface area contributed by atoms with Gasteiger partial charge in [-0.25, -0.2) is 12.8 Å². The zero-order chi connectivity index (χ0) is 26.3. The van der Waals surface area contributed by atoms with Crippen LogP contribution in [0.2, 0.25) is 0 Å². The third-order valence-corrected chi connectivity index (χ3v) is 7.55. The van der Waals surface area contributed by atoms with Gasteiger partial charge in [0, 0.05) is 24.7 Å². The molecular formula is C25H32FN3O6S. The fourth-order valence-corrected chi connectivity index (χ4v) is 4.75. The van der Waals surface area contributed by atoms with E-state index in [1.165, 1.54) is 49.1 Å². The van der Waals surface area contributed by atoms with Gasteiger partial charge in [0.25, 0.3) is 0 Å². The van der Waals surface area contributed by atoms with E-state index in [2.05, 4.69) is 5.32 Å².